The van der Waals surface area contributed by atoms with E-state index in [2.05, 4.69) is 25.6 Å². The van der Waals surface area contributed by atoms with Crippen molar-refractivity contribution in [1.82, 2.24) is 9.55 Å². The van der Waals surface area contributed by atoms with Gasteiger partial charge in [-0.1, -0.05) is 0 Å². The van der Waals surface area contributed by atoms with Crippen LogP contribution in [0.5, 0.6) is 0 Å². The van der Waals surface area contributed by atoms with E-state index in [0.29, 0.717) is 5.52 Å². The number of hydrogen-bond acceptors (Lipinski definition) is 3. The van der Waals surface area contributed by atoms with Crippen LogP contribution in [0.25, 0.3) is 10.9 Å². The largest absolute Gasteiger partial charge is 0.356 e. The van der Waals surface area contributed by atoms with Gasteiger partial charge in [0.1, 0.15) is 17.2 Å². The van der Waals surface area contributed by atoms with E-state index in [1.807, 2.05) is 0 Å². The first-order valence-corrected chi connectivity index (χ1v) is 7.82. The summed E-state index contributed by atoms with van der Waals surface area (Å²) in [4.78, 5) is 15.6. The van der Waals surface area contributed by atoms with Crippen molar-refractivity contribution in [3.8, 4) is 0 Å². The fourth-order valence-electron chi connectivity index (χ4n) is 1.98. The summed E-state index contributed by atoms with van der Waals surface area (Å²) in [6, 6.07) is 3.92. The van der Waals surface area contributed by atoms with E-state index >= 15 is 0 Å². The van der Waals surface area contributed by atoms with Gasteiger partial charge in [-0.3, -0.25) is 4.79 Å². The summed E-state index contributed by atoms with van der Waals surface area (Å²) in [7, 11) is 1.66. The van der Waals surface area contributed by atoms with Gasteiger partial charge < -0.3 is 14.3 Å². The van der Waals surface area contributed by atoms with E-state index in [4.69, 9.17) is 0 Å². The lowest BCUT2D eigenvalue weighted by atomic mass is 10.3. The topological polar surface area (TPSA) is 49.8 Å². The molecule has 114 valence electrons. The van der Waals surface area contributed by atoms with E-state index in [1.165, 1.54) is 4.57 Å². The number of benzene rings is 1. The molecule has 0 saturated carbocycles. The molecule has 0 aliphatic rings. The number of hydrogen-bond donors (Lipinski definition) is 2. The Labute approximate surface area is 136 Å². The molecular formula is C14H10BrF2N3OS. The van der Waals surface area contributed by atoms with Crippen LogP contribution in [0.3, 0.4) is 0 Å². The number of pyridine rings is 1. The molecule has 0 radical (unpaired) electrons. The predicted molar refractivity (Wildman–Crippen MR) is 87.1 cm³/mol. The van der Waals surface area contributed by atoms with Gasteiger partial charge in [-0.15, -0.1) is 0 Å². The summed E-state index contributed by atoms with van der Waals surface area (Å²) >= 11 is 4.03. The van der Waals surface area contributed by atoms with Crippen LogP contribution in [0.15, 0.2) is 44.8 Å². The molecule has 0 fully saturated rings. The summed E-state index contributed by atoms with van der Waals surface area (Å²) in [5.74, 6) is -1.13. The van der Waals surface area contributed by atoms with Gasteiger partial charge in [0.2, 0.25) is 0 Å². The van der Waals surface area contributed by atoms with Crippen LogP contribution in [0.1, 0.15) is 0 Å². The first-order chi connectivity index (χ1) is 10.5. The van der Waals surface area contributed by atoms with Gasteiger partial charge in [0.15, 0.2) is 0 Å². The highest BCUT2D eigenvalue weighted by molar-refractivity contribution is 9.10. The quantitative estimate of drug-likeness (QED) is 0.528. The maximum absolute atomic E-state index is 13.8. The Morgan fingerprint density at radius 2 is 2.09 bits per heavy atom. The van der Waals surface area contributed by atoms with Crippen molar-refractivity contribution in [1.29, 1.82) is 0 Å². The summed E-state index contributed by atoms with van der Waals surface area (Å²) in [6.45, 7) is 0. The third kappa shape index (κ3) is 2.64. The Kier molecular flexibility index (Phi) is 3.96. The highest BCUT2D eigenvalue weighted by Crippen LogP contribution is 2.30. The molecule has 22 heavy (non-hydrogen) atoms. The van der Waals surface area contributed by atoms with Gasteiger partial charge in [0.25, 0.3) is 5.56 Å². The number of aryl methyl sites for hydroxylation is 1. The SMILES string of the molecule is Cn1ccc2c(SNc3cc(F)c(Br)cc3F)c[nH]c2c1=O. The molecule has 4 nitrogen and oxygen atoms in total. The van der Waals surface area contributed by atoms with Gasteiger partial charge in [-0.2, -0.15) is 0 Å². The van der Waals surface area contributed by atoms with Gasteiger partial charge in [-0.25, -0.2) is 8.78 Å². The fraction of sp³-hybridized carbons (Fsp3) is 0.0714. The fourth-order valence-corrected chi connectivity index (χ4v) is 3.07. The zero-order valence-corrected chi connectivity index (χ0v) is 13.7. The minimum Gasteiger partial charge on any atom is -0.356 e. The number of H-pyrrole nitrogens is 1. The minimum atomic E-state index is -0.573. The number of aromatic amines is 1. The molecule has 3 rings (SSSR count). The first-order valence-electron chi connectivity index (χ1n) is 6.21. The van der Waals surface area contributed by atoms with E-state index in [0.717, 1.165) is 34.4 Å². The number of halogens is 3. The number of rotatable bonds is 3. The molecule has 0 atom stereocenters. The van der Waals surface area contributed by atoms with E-state index in [1.54, 1.807) is 25.5 Å². The maximum Gasteiger partial charge on any atom is 0.274 e. The molecule has 2 N–H and O–H groups in total. The number of nitrogens with one attached hydrogen (secondary N) is 2. The van der Waals surface area contributed by atoms with Gasteiger partial charge in [0, 0.05) is 30.9 Å². The van der Waals surface area contributed by atoms with Crippen LogP contribution < -0.4 is 10.3 Å². The van der Waals surface area contributed by atoms with Crippen molar-refractivity contribution < 1.29 is 8.78 Å². The molecule has 0 unspecified atom stereocenters. The van der Waals surface area contributed by atoms with Gasteiger partial charge >= 0.3 is 0 Å². The molecule has 0 spiro atoms. The summed E-state index contributed by atoms with van der Waals surface area (Å²) < 4.78 is 31.5. The van der Waals surface area contributed by atoms with Crippen molar-refractivity contribution in [2.24, 2.45) is 7.05 Å². The second kappa shape index (κ2) is 5.77. The van der Waals surface area contributed by atoms with Crippen LogP contribution in [0.2, 0.25) is 0 Å². The Morgan fingerprint density at radius 1 is 1.32 bits per heavy atom. The molecule has 0 aliphatic heterocycles. The monoisotopic (exact) mass is 385 g/mol. The number of aromatic nitrogens is 2. The Bertz CT molecular complexity index is 922. The lowest BCUT2D eigenvalue weighted by Gasteiger charge is -2.07. The zero-order valence-electron chi connectivity index (χ0n) is 11.3. The van der Waals surface area contributed by atoms with E-state index in [9.17, 15) is 13.6 Å². The smallest absolute Gasteiger partial charge is 0.274 e. The normalized spacial score (nSPS) is 11.1. The van der Waals surface area contributed by atoms with Crippen LogP contribution in [0, 0.1) is 11.6 Å². The second-order valence-corrected chi connectivity index (χ2v) is 6.33. The highest BCUT2D eigenvalue weighted by Gasteiger charge is 2.11. The van der Waals surface area contributed by atoms with Crippen molar-refractivity contribution in [2.75, 3.05) is 4.72 Å². The van der Waals surface area contributed by atoms with Crippen molar-refractivity contribution in [3.05, 3.63) is 57.1 Å². The highest BCUT2D eigenvalue weighted by atomic mass is 79.9. The number of fused-ring (bicyclic) bond motifs is 1. The van der Waals surface area contributed by atoms with E-state index in [-0.39, 0.29) is 15.7 Å². The van der Waals surface area contributed by atoms with Gasteiger partial charge in [-0.05, 0) is 40.0 Å². The third-order valence-electron chi connectivity index (χ3n) is 3.16. The predicted octanol–water partition coefficient (Wildman–Crippen LogP) is 4.03. The third-order valence-corrected chi connectivity index (χ3v) is 4.65. The number of anilines is 1. The van der Waals surface area contributed by atoms with Crippen molar-refractivity contribution in [3.63, 3.8) is 0 Å². The lowest BCUT2D eigenvalue weighted by molar-refractivity contribution is 0.598. The molecule has 0 saturated heterocycles. The summed E-state index contributed by atoms with van der Waals surface area (Å²) in [5, 5.41) is 0.721. The average Bonchev–Trinajstić information content (AvgIpc) is 2.89. The molecule has 0 bridgehead atoms. The molecule has 3 aromatic rings. The minimum absolute atomic E-state index is 0.0314. The lowest BCUT2D eigenvalue weighted by Crippen LogP contribution is -2.15. The molecule has 8 heteroatoms. The van der Waals surface area contributed by atoms with Crippen molar-refractivity contribution in [2.45, 2.75) is 4.90 Å². The van der Waals surface area contributed by atoms with Crippen LogP contribution in [-0.2, 0) is 7.05 Å². The average molecular weight is 386 g/mol. The molecule has 0 amide bonds. The molecular weight excluding hydrogens is 376 g/mol. The zero-order chi connectivity index (χ0) is 15.9. The molecule has 1 aromatic carbocycles. The summed E-state index contributed by atoms with van der Waals surface area (Å²) in [5.41, 5.74) is 0.353. The van der Waals surface area contributed by atoms with E-state index < -0.39 is 11.6 Å². The Morgan fingerprint density at radius 3 is 2.86 bits per heavy atom. The molecule has 2 heterocycles. The molecule has 2 aromatic heterocycles. The maximum atomic E-state index is 13.8. The van der Waals surface area contributed by atoms with Crippen LogP contribution in [0.4, 0.5) is 14.5 Å². The summed E-state index contributed by atoms with van der Waals surface area (Å²) in [6.07, 6.45) is 3.30. The standard InChI is InChI=1S/C14H10BrF2N3OS/c1-20-3-2-7-12(6-18-13(7)14(20)21)22-19-11-5-9(16)8(15)4-10(11)17/h2-6,18-19H,1H3. The number of nitrogens with zero attached hydrogens (tertiary/aromatic N) is 1. The van der Waals surface area contributed by atoms with Gasteiger partial charge in [0.05, 0.1) is 15.1 Å². The van der Waals surface area contributed by atoms with Crippen LogP contribution >= 0.6 is 27.9 Å². The first kappa shape index (κ1) is 15.1. The Balaban J connectivity index is 1.90. The second-order valence-electron chi connectivity index (χ2n) is 4.62. The molecule has 0 aliphatic carbocycles. The van der Waals surface area contributed by atoms with Crippen molar-refractivity contribution >= 4 is 44.5 Å². The Hall–Kier alpha value is -1.80. The van der Waals surface area contributed by atoms with Crippen LogP contribution in [-0.4, -0.2) is 9.55 Å².